The number of hydrogen-bond acceptors (Lipinski definition) is 8. The van der Waals surface area contributed by atoms with E-state index in [0.717, 1.165) is 26.2 Å². The Balaban J connectivity index is 2.01. The minimum Gasteiger partial charge on any atom is -0.469 e. The second-order valence-electron chi connectivity index (χ2n) is 7.07. The van der Waals surface area contributed by atoms with Crippen molar-refractivity contribution in [2.75, 3.05) is 40.3 Å². The van der Waals surface area contributed by atoms with Crippen LogP contribution in [0.15, 0.2) is 34.2 Å². The fourth-order valence-electron chi connectivity index (χ4n) is 3.26. The molecule has 0 bridgehead atoms. The van der Waals surface area contributed by atoms with Gasteiger partial charge in [0.25, 0.3) is 11.2 Å². The van der Waals surface area contributed by atoms with Crippen molar-refractivity contribution in [1.29, 1.82) is 0 Å². The maximum atomic E-state index is 13.2. The number of H-pyrrole nitrogens is 1. The second kappa shape index (κ2) is 8.91. The number of aromatic nitrogens is 2. The Morgan fingerprint density at radius 3 is 2.43 bits per heavy atom. The molecule has 1 aromatic carbocycles. The van der Waals surface area contributed by atoms with Gasteiger partial charge < -0.3 is 9.64 Å². The summed E-state index contributed by atoms with van der Waals surface area (Å²) < 4.78 is 6.00. The fourth-order valence-corrected chi connectivity index (χ4v) is 3.26. The van der Waals surface area contributed by atoms with Crippen LogP contribution < -0.4 is 5.56 Å². The third-order valence-corrected chi connectivity index (χ3v) is 4.97. The first-order valence-corrected chi connectivity index (χ1v) is 9.44. The number of hydrogen-bond donors (Lipinski definition) is 1. The van der Waals surface area contributed by atoms with E-state index in [4.69, 9.17) is 4.74 Å². The third kappa shape index (κ3) is 4.57. The van der Waals surface area contributed by atoms with Crippen molar-refractivity contribution in [3.63, 3.8) is 0 Å². The van der Waals surface area contributed by atoms with Crippen LogP contribution in [0.25, 0.3) is 5.69 Å². The smallest absolute Gasteiger partial charge is 0.311 e. The van der Waals surface area contributed by atoms with Gasteiger partial charge in [0.05, 0.1) is 41.1 Å². The summed E-state index contributed by atoms with van der Waals surface area (Å²) in [4.78, 5) is 37.6. The van der Waals surface area contributed by atoms with Crippen molar-refractivity contribution in [2.24, 2.45) is 5.10 Å². The summed E-state index contributed by atoms with van der Waals surface area (Å²) in [6.07, 6.45) is -0.128. The molecule has 1 fully saturated rings. The number of nitro benzene ring substituents is 1. The molecule has 1 aliphatic heterocycles. The van der Waals surface area contributed by atoms with Crippen molar-refractivity contribution < 1.29 is 14.5 Å². The molecule has 0 atom stereocenters. The summed E-state index contributed by atoms with van der Waals surface area (Å²) >= 11 is 0. The Bertz CT molecular complexity index is 1020. The molecule has 11 heteroatoms. The van der Waals surface area contributed by atoms with Gasteiger partial charge in [0.2, 0.25) is 0 Å². The molecule has 0 spiro atoms. The lowest BCUT2D eigenvalue weighted by molar-refractivity contribution is -0.384. The molecule has 2 aromatic rings. The molecule has 11 nitrogen and oxygen atoms in total. The van der Waals surface area contributed by atoms with Gasteiger partial charge in [-0.25, -0.2) is 4.68 Å². The van der Waals surface area contributed by atoms with E-state index in [-0.39, 0.29) is 17.7 Å². The number of likely N-dealkylation sites (N-methyl/N-ethyl adjacent to an activating group) is 1. The van der Waals surface area contributed by atoms with E-state index in [0.29, 0.717) is 17.1 Å². The Morgan fingerprint density at radius 2 is 1.87 bits per heavy atom. The number of methoxy groups -OCH3 is 1. The topological polar surface area (TPSA) is 126 Å². The first-order chi connectivity index (χ1) is 14.3. The summed E-state index contributed by atoms with van der Waals surface area (Å²) in [5, 5.41) is 20.3. The zero-order valence-electron chi connectivity index (χ0n) is 17.1. The van der Waals surface area contributed by atoms with Gasteiger partial charge in [-0.2, -0.15) is 5.10 Å². The highest BCUT2D eigenvalue weighted by Crippen LogP contribution is 2.16. The number of hydrazone groups is 1. The van der Waals surface area contributed by atoms with Crippen LogP contribution in [0, 0.1) is 10.1 Å². The molecule has 0 amide bonds. The number of benzene rings is 1. The number of carbonyl (C=O) groups is 1. The zero-order valence-corrected chi connectivity index (χ0v) is 17.1. The molecule has 0 aliphatic carbocycles. The highest BCUT2D eigenvalue weighted by atomic mass is 16.6. The molecule has 0 saturated carbocycles. The minimum absolute atomic E-state index is 0.0822. The maximum absolute atomic E-state index is 13.2. The molecule has 3 rings (SSSR count). The quantitative estimate of drug-likeness (QED) is 0.319. The summed E-state index contributed by atoms with van der Waals surface area (Å²) in [6.45, 7) is 4.93. The van der Waals surface area contributed by atoms with E-state index in [1.54, 1.807) is 6.92 Å². The summed E-state index contributed by atoms with van der Waals surface area (Å²) in [7, 11) is 3.32. The fraction of sp³-hybridized carbons (Fsp3) is 0.421. The number of piperazine rings is 1. The predicted octanol–water partition coefficient (Wildman–Crippen LogP) is 0.761. The monoisotopic (exact) mass is 416 g/mol. The van der Waals surface area contributed by atoms with Crippen LogP contribution in [0.3, 0.4) is 0 Å². The first kappa shape index (κ1) is 21.2. The molecule has 30 heavy (non-hydrogen) atoms. The lowest BCUT2D eigenvalue weighted by atomic mass is 10.1. The van der Waals surface area contributed by atoms with Crippen LogP contribution in [-0.2, 0) is 16.0 Å². The van der Waals surface area contributed by atoms with Gasteiger partial charge in [0, 0.05) is 38.3 Å². The molecular formula is C19H24N6O5. The number of nitro groups is 1. The van der Waals surface area contributed by atoms with Gasteiger partial charge in [-0.1, -0.05) is 0 Å². The lowest BCUT2D eigenvalue weighted by Crippen LogP contribution is -2.42. The van der Waals surface area contributed by atoms with Gasteiger partial charge >= 0.3 is 5.97 Å². The number of non-ortho nitro benzene ring substituents is 1. The Morgan fingerprint density at radius 1 is 1.23 bits per heavy atom. The number of rotatable bonds is 6. The van der Waals surface area contributed by atoms with Gasteiger partial charge in [-0.05, 0) is 26.1 Å². The van der Waals surface area contributed by atoms with Crippen molar-refractivity contribution >= 4 is 17.4 Å². The van der Waals surface area contributed by atoms with E-state index in [1.165, 1.54) is 36.1 Å². The average molecular weight is 416 g/mol. The molecule has 0 radical (unpaired) electrons. The number of nitrogens with one attached hydrogen (secondary N) is 1. The minimum atomic E-state index is -0.512. The first-order valence-electron chi connectivity index (χ1n) is 9.44. The highest BCUT2D eigenvalue weighted by Gasteiger charge is 2.22. The lowest BCUT2D eigenvalue weighted by Gasteiger charge is -2.30. The number of aromatic amines is 1. The normalized spacial score (nSPS) is 15.3. The standard InChI is InChI=1S/C19H24N6O5/c1-13(20-23-10-8-22(2)9-11-23)18-16(12-17(26)30-3)21-24(19(18)27)14-4-6-15(7-5-14)25(28)29/h4-7,21H,8-12H2,1-3H3/b20-13+. The van der Waals surface area contributed by atoms with Crippen LogP contribution in [0.4, 0.5) is 5.69 Å². The average Bonchev–Trinajstić information content (AvgIpc) is 3.05. The molecular weight excluding hydrogens is 392 g/mol. The maximum Gasteiger partial charge on any atom is 0.311 e. The predicted molar refractivity (Wildman–Crippen MR) is 110 cm³/mol. The summed E-state index contributed by atoms with van der Waals surface area (Å²) in [5.74, 6) is -0.499. The van der Waals surface area contributed by atoms with Crippen molar-refractivity contribution in [1.82, 2.24) is 19.7 Å². The van der Waals surface area contributed by atoms with E-state index in [9.17, 15) is 19.7 Å². The van der Waals surface area contributed by atoms with Crippen LogP contribution >= 0.6 is 0 Å². The molecule has 2 heterocycles. The Labute approximate surface area is 172 Å². The van der Waals surface area contributed by atoms with Crippen LogP contribution in [0.1, 0.15) is 18.2 Å². The van der Waals surface area contributed by atoms with Gasteiger partial charge in [-0.3, -0.25) is 29.8 Å². The van der Waals surface area contributed by atoms with Gasteiger partial charge in [0.15, 0.2) is 0 Å². The van der Waals surface area contributed by atoms with E-state index < -0.39 is 16.5 Å². The van der Waals surface area contributed by atoms with Crippen LogP contribution in [-0.4, -0.2) is 76.6 Å². The van der Waals surface area contributed by atoms with E-state index >= 15 is 0 Å². The third-order valence-electron chi connectivity index (χ3n) is 4.97. The zero-order chi connectivity index (χ0) is 21.8. The molecule has 1 saturated heterocycles. The number of nitrogens with zero attached hydrogens (tertiary/aromatic N) is 5. The Kier molecular flexibility index (Phi) is 6.31. The highest BCUT2D eigenvalue weighted by molar-refractivity contribution is 6.00. The largest absolute Gasteiger partial charge is 0.469 e. The molecule has 1 aromatic heterocycles. The molecule has 1 aliphatic rings. The number of ether oxygens (including phenoxy) is 1. The van der Waals surface area contributed by atoms with Gasteiger partial charge in [0.1, 0.15) is 0 Å². The molecule has 160 valence electrons. The van der Waals surface area contributed by atoms with Crippen LogP contribution in [0.5, 0.6) is 0 Å². The van der Waals surface area contributed by atoms with Crippen molar-refractivity contribution in [3.8, 4) is 5.69 Å². The van der Waals surface area contributed by atoms with E-state index in [1.807, 2.05) is 12.1 Å². The summed E-state index contributed by atoms with van der Waals surface area (Å²) in [5.41, 5.74) is 1.09. The van der Waals surface area contributed by atoms with Gasteiger partial charge in [-0.15, -0.1) is 0 Å². The van der Waals surface area contributed by atoms with E-state index in [2.05, 4.69) is 15.1 Å². The second-order valence-corrected chi connectivity index (χ2v) is 7.07. The SMILES string of the molecule is COC(=O)Cc1[nH]n(-c2ccc([N+](=O)[O-])cc2)c(=O)c1/C(C)=N/N1CCN(C)CC1. The number of carbonyl (C=O) groups excluding carboxylic acids is 1. The summed E-state index contributed by atoms with van der Waals surface area (Å²) in [6, 6.07) is 5.56. The number of esters is 1. The Hall–Kier alpha value is -3.47. The van der Waals surface area contributed by atoms with Crippen molar-refractivity contribution in [2.45, 2.75) is 13.3 Å². The molecule has 0 unspecified atom stereocenters. The van der Waals surface area contributed by atoms with Crippen LogP contribution in [0.2, 0.25) is 0 Å². The molecule has 1 N–H and O–H groups in total. The van der Waals surface area contributed by atoms with Crippen molar-refractivity contribution in [3.05, 3.63) is 56.0 Å².